The molecule has 2 heterocycles. The smallest absolute Gasteiger partial charge is 0.151 e. The number of fused-ring (bicyclic) bond motifs is 1. The van der Waals surface area contributed by atoms with Crippen molar-refractivity contribution < 1.29 is 14.2 Å². The van der Waals surface area contributed by atoms with Crippen molar-refractivity contribution in [2.75, 3.05) is 18.5 Å². The molecule has 0 saturated carbocycles. The van der Waals surface area contributed by atoms with Gasteiger partial charge in [0.2, 0.25) is 0 Å². The van der Waals surface area contributed by atoms with Crippen molar-refractivity contribution >= 4 is 44.7 Å². The first-order chi connectivity index (χ1) is 15.5. The van der Waals surface area contributed by atoms with Gasteiger partial charge in [-0.05, 0) is 42.0 Å². The van der Waals surface area contributed by atoms with Crippen LogP contribution in [-0.2, 0) is 6.61 Å². The number of ether oxygens (including phenoxy) is 1. The minimum Gasteiger partial charge on any atom is -0.487 e. The summed E-state index contributed by atoms with van der Waals surface area (Å²) >= 11 is 7.79. The lowest BCUT2D eigenvalue weighted by Gasteiger charge is -2.11. The van der Waals surface area contributed by atoms with Crippen molar-refractivity contribution in [1.29, 1.82) is 0 Å². The lowest BCUT2D eigenvalue weighted by molar-refractivity contribution is 0.306. The average Bonchev–Trinajstić information content (AvgIpc) is 3.23. The van der Waals surface area contributed by atoms with Gasteiger partial charge < -0.3 is 20.9 Å². The number of hydrogen-bond acceptors (Lipinski definition) is 7. The highest BCUT2D eigenvalue weighted by Gasteiger charge is 2.10. The minimum absolute atomic E-state index is 0.0972. The molecule has 0 radical (unpaired) electrons. The summed E-state index contributed by atoms with van der Waals surface area (Å²) < 4.78 is 19.8. The fourth-order valence-corrected chi connectivity index (χ4v) is 3.74. The number of aromatic nitrogens is 2. The molecule has 2 aromatic heterocycles. The van der Waals surface area contributed by atoms with Crippen molar-refractivity contribution in [2.24, 2.45) is 5.73 Å². The largest absolute Gasteiger partial charge is 0.487 e. The Balaban J connectivity index is 0.000000668. The number of thiophene rings is 1. The summed E-state index contributed by atoms with van der Waals surface area (Å²) in [4.78, 5) is 9.32. The summed E-state index contributed by atoms with van der Waals surface area (Å²) in [6.07, 6.45) is 6.95. The van der Waals surface area contributed by atoms with Gasteiger partial charge >= 0.3 is 0 Å². The number of rotatable bonds is 6. The van der Waals surface area contributed by atoms with E-state index in [1.807, 2.05) is 12.1 Å². The third kappa shape index (κ3) is 6.15. The zero-order chi connectivity index (χ0) is 22.9. The number of nitrogens with zero attached hydrogens (tertiary/aromatic N) is 2. The number of anilines is 2. The van der Waals surface area contributed by atoms with Gasteiger partial charge in [-0.1, -0.05) is 29.7 Å². The molecular formula is C23H20ClFN4O2S. The highest BCUT2D eigenvalue weighted by atomic mass is 35.5. The summed E-state index contributed by atoms with van der Waals surface area (Å²) in [5, 5.41) is 11.4. The molecule has 0 amide bonds. The van der Waals surface area contributed by atoms with Crippen LogP contribution in [0.5, 0.6) is 5.75 Å². The van der Waals surface area contributed by atoms with Crippen LogP contribution in [0.2, 0.25) is 5.02 Å². The Morgan fingerprint density at radius 1 is 1.22 bits per heavy atom. The van der Waals surface area contributed by atoms with Crippen molar-refractivity contribution in [2.45, 2.75) is 6.61 Å². The predicted octanol–water partition coefficient (Wildman–Crippen LogP) is 4.73. The van der Waals surface area contributed by atoms with Crippen molar-refractivity contribution in [3.8, 4) is 18.1 Å². The molecule has 0 fully saturated rings. The van der Waals surface area contributed by atoms with Crippen LogP contribution < -0.4 is 15.8 Å². The lowest BCUT2D eigenvalue weighted by atomic mass is 10.2. The maximum atomic E-state index is 13.3. The molecule has 6 nitrogen and oxygen atoms in total. The molecule has 4 rings (SSSR count). The Bertz CT molecular complexity index is 1240. The van der Waals surface area contributed by atoms with Crippen LogP contribution in [0.25, 0.3) is 10.2 Å². The topological polar surface area (TPSA) is 93.3 Å². The van der Waals surface area contributed by atoms with Crippen LogP contribution >= 0.6 is 22.9 Å². The maximum Gasteiger partial charge on any atom is 0.151 e. The predicted molar refractivity (Wildman–Crippen MR) is 127 cm³/mol. The van der Waals surface area contributed by atoms with E-state index < -0.39 is 0 Å². The van der Waals surface area contributed by atoms with E-state index in [0.29, 0.717) is 23.1 Å². The van der Waals surface area contributed by atoms with Gasteiger partial charge in [-0.25, -0.2) is 14.4 Å². The summed E-state index contributed by atoms with van der Waals surface area (Å²) in [6.45, 7) is 0.695. The Morgan fingerprint density at radius 3 is 2.72 bits per heavy atom. The van der Waals surface area contributed by atoms with Crippen molar-refractivity contribution in [1.82, 2.24) is 9.97 Å². The fraction of sp³-hybridized carbons (Fsp3) is 0.130. The van der Waals surface area contributed by atoms with Gasteiger partial charge in [0.25, 0.3) is 0 Å². The number of nitrogens with two attached hydrogens (primary N) is 1. The van der Waals surface area contributed by atoms with Crippen LogP contribution in [0.1, 0.15) is 10.4 Å². The van der Waals surface area contributed by atoms with Crippen LogP contribution in [-0.4, -0.2) is 28.2 Å². The Morgan fingerprint density at radius 2 is 2.03 bits per heavy atom. The van der Waals surface area contributed by atoms with Gasteiger partial charge in [0.05, 0.1) is 26.7 Å². The lowest BCUT2D eigenvalue weighted by Crippen LogP contribution is -2.02. The van der Waals surface area contributed by atoms with Gasteiger partial charge in [-0.3, -0.25) is 0 Å². The van der Waals surface area contributed by atoms with E-state index in [1.54, 1.807) is 24.3 Å². The van der Waals surface area contributed by atoms with E-state index in [4.69, 9.17) is 33.6 Å². The highest BCUT2D eigenvalue weighted by molar-refractivity contribution is 7.20. The molecule has 0 spiro atoms. The maximum absolute atomic E-state index is 13.3. The minimum atomic E-state index is -0.301. The van der Waals surface area contributed by atoms with E-state index in [-0.39, 0.29) is 19.0 Å². The van der Waals surface area contributed by atoms with E-state index in [2.05, 4.69) is 21.2 Å². The molecule has 4 N–H and O–H groups in total. The number of terminal acetylenes is 1. The van der Waals surface area contributed by atoms with E-state index >= 15 is 0 Å². The van der Waals surface area contributed by atoms with E-state index in [0.717, 1.165) is 26.3 Å². The first-order valence-electron chi connectivity index (χ1n) is 9.50. The third-order valence-electron chi connectivity index (χ3n) is 4.06. The number of aliphatic hydroxyl groups is 1. The quantitative estimate of drug-likeness (QED) is 0.353. The third-order valence-corrected chi connectivity index (χ3v) is 5.42. The zero-order valence-electron chi connectivity index (χ0n) is 16.9. The van der Waals surface area contributed by atoms with E-state index in [9.17, 15) is 4.39 Å². The number of aliphatic hydroxyl groups excluding tert-OH is 1. The number of halogens is 2. The van der Waals surface area contributed by atoms with Gasteiger partial charge in [-0.2, -0.15) is 0 Å². The summed E-state index contributed by atoms with van der Waals surface area (Å²) in [5.74, 6) is 3.48. The fourth-order valence-electron chi connectivity index (χ4n) is 2.63. The van der Waals surface area contributed by atoms with Crippen molar-refractivity contribution in [3.05, 3.63) is 76.1 Å². The normalized spacial score (nSPS) is 10.2. The summed E-state index contributed by atoms with van der Waals surface area (Å²) in [5.41, 5.74) is 7.04. The van der Waals surface area contributed by atoms with Crippen LogP contribution in [0.4, 0.5) is 15.9 Å². The highest BCUT2D eigenvalue weighted by Crippen LogP contribution is 2.33. The molecule has 2 aromatic carbocycles. The molecule has 0 atom stereocenters. The second kappa shape index (κ2) is 11.4. The Labute approximate surface area is 193 Å². The molecular weight excluding hydrogens is 451 g/mol. The van der Waals surface area contributed by atoms with E-state index in [1.165, 1.54) is 29.8 Å². The zero-order valence-corrected chi connectivity index (χ0v) is 18.5. The first-order valence-corrected chi connectivity index (χ1v) is 10.7. The molecule has 0 aliphatic heterocycles. The van der Waals surface area contributed by atoms with Gasteiger partial charge in [0.15, 0.2) is 5.82 Å². The Hall–Kier alpha value is -3.22. The molecule has 0 aliphatic rings. The molecule has 0 bridgehead atoms. The molecule has 4 aromatic rings. The Kier molecular flexibility index (Phi) is 8.36. The number of nitrogens with one attached hydrogen (secondary N) is 1. The van der Waals surface area contributed by atoms with Gasteiger partial charge in [-0.15, -0.1) is 17.8 Å². The molecule has 164 valence electrons. The van der Waals surface area contributed by atoms with Gasteiger partial charge in [0, 0.05) is 12.2 Å². The number of hydrogen-bond donors (Lipinski definition) is 3. The second-order valence-electron chi connectivity index (χ2n) is 6.39. The molecule has 32 heavy (non-hydrogen) atoms. The standard InChI is InChI=1S/C21H13ClFN3OS.C2H7NO/c1-2-16-10-18-20(28-16)21(25-12-24-18)26-15-6-7-19(17(22)9-15)27-11-13-4-3-5-14(23)8-13;3-1-2-4/h1,3-10,12H,11H2,(H,24,25,26);4H,1-3H2. The molecule has 0 aliphatic carbocycles. The SMILES string of the molecule is C#Cc1cc2ncnc(Nc3ccc(OCc4cccc(F)c4)c(Cl)c3)c2s1.NCCO. The summed E-state index contributed by atoms with van der Waals surface area (Å²) in [7, 11) is 0. The number of benzene rings is 2. The van der Waals surface area contributed by atoms with Crippen LogP contribution in [0.15, 0.2) is 54.9 Å². The summed E-state index contributed by atoms with van der Waals surface area (Å²) in [6, 6.07) is 13.4. The van der Waals surface area contributed by atoms with Gasteiger partial charge in [0.1, 0.15) is 24.5 Å². The molecule has 0 unspecified atom stereocenters. The molecule has 0 saturated heterocycles. The van der Waals surface area contributed by atoms with Crippen LogP contribution in [0, 0.1) is 18.2 Å². The van der Waals surface area contributed by atoms with Crippen LogP contribution in [0.3, 0.4) is 0 Å². The monoisotopic (exact) mass is 470 g/mol. The first kappa shape index (κ1) is 23.4. The second-order valence-corrected chi connectivity index (χ2v) is 7.85. The average molecular weight is 471 g/mol. The van der Waals surface area contributed by atoms with Crippen molar-refractivity contribution in [3.63, 3.8) is 0 Å². The molecule has 9 heteroatoms.